The summed E-state index contributed by atoms with van der Waals surface area (Å²) in [5, 5.41) is 9.60. The lowest BCUT2D eigenvalue weighted by atomic mass is 10.1. The van der Waals surface area contributed by atoms with Crippen molar-refractivity contribution in [3.05, 3.63) is 33.8 Å². The molecule has 0 aromatic heterocycles. The summed E-state index contributed by atoms with van der Waals surface area (Å²) in [6.45, 7) is 0. The predicted molar refractivity (Wildman–Crippen MR) is 60.7 cm³/mol. The van der Waals surface area contributed by atoms with Crippen molar-refractivity contribution in [1.82, 2.24) is 4.90 Å². The highest BCUT2D eigenvalue weighted by Gasteiger charge is 2.24. The molecule has 1 unspecified atom stereocenters. The van der Waals surface area contributed by atoms with Gasteiger partial charge >= 0.3 is 5.97 Å². The number of carbonyl (C=O) groups is 2. The van der Waals surface area contributed by atoms with Crippen LogP contribution in [0.3, 0.4) is 0 Å². The van der Waals surface area contributed by atoms with Crippen LogP contribution in [0.1, 0.15) is 11.6 Å². The highest BCUT2D eigenvalue weighted by atomic mass is 35.5. The van der Waals surface area contributed by atoms with Gasteiger partial charge in [0.1, 0.15) is 0 Å². The Morgan fingerprint density at radius 3 is 2.50 bits per heavy atom. The molecule has 16 heavy (non-hydrogen) atoms. The maximum absolute atomic E-state index is 11.0. The van der Waals surface area contributed by atoms with E-state index in [-0.39, 0.29) is 5.02 Å². The van der Waals surface area contributed by atoms with Gasteiger partial charge in [-0.25, -0.2) is 4.79 Å². The standard InChI is InChI=1S/C10H9Cl2NO3/c1-13(5-14)9(10(15)16)6-2-3-7(11)8(12)4-6/h2-5,9H,1H3,(H,15,16). The van der Waals surface area contributed by atoms with E-state index in [2.05, 4.69) is 0 Å². The predicted octanol–water partition coefficient (Wildman–Crippen LogP) is 2.21. The summed E-state index contributed by atoms with van der Waals surface area (Å²) in [5.41, 5.74) is 0.400. The van der Waals surface area contributed by atoms with Crippen molar-refractivity contribution >= 4 is 35.6 Å². The first-order valence-electron chi connectivity index (χ1n) is 4.32. The van der Waals surface area contributed by atoms with Crippen LogP contribution >= 0.6 is 23.2 Å². The minimum absolute atomic E-state index is 0.254. The molecule has 1 amide bonds. The molecule has 1 atom stereocenters. The number of nitrogens with zero attached hydrogens (tertiary/aromatic N) is 1. The molecule has 1 N–H and O–H groups in total. The molecule has 0 aliphatic rings. The summed E-state index contributed by atoms with van der Waals surface area (Å²) < 4.78 is 0. The molecule has 86 valence electrons. The molecule has 1 aromatic carbocycles. The average Bonchev–Trinajstić information content (AvgIpc) is 2.22. The van der Waals surface area contributed by atoms with E-state index < -0.39 is 12.0 Å². The largest absolute Gasteiger partial charge is 0.479 e. The van der Waals surface area contributed by atoms with Crippen LogP contribution in [0.25, 0.3) is 0 Å². The summed E-state index contributed by atoms with van der Waals surface area (Å²) in [4.78, 5) is 22.6. The molecule has 0 saturated heterocycles. The van der Waals surface area contributed by atoms with E-state index in [0.29, 0.717) is 17.0 Å². The number of halogens is 2. The Balaban J connectivity index is 3.16. The van der Waals surface area contributed by atoms with E-state index in [1.165, 1.54) is 25.2 Å². The van der Waals surface area contributed by atoms with Gasteiger partial charge in [0.05, 0.1) is 10.0 Å². The first-order valence-corrected chi connectivity index (χ1v) is 5.08. The van der Waals surface area contributed by atoms with Crippen LogP contribution in [-0.2, 0) is 9.59 Å². The van der Waals surface area contributed by atoms with Gasteiger partial charge in [-0.05, 0) is 17.7 Å². The second-order valence-electron chi connectivity index (χ2n) is 3.19. The van der Waals surface area contributed by atoms with E-state index in [4.69, 9.17) is 28.3 Å². The monoisotopic (exact) mass is 261 g/mol. The maximum Gasteiger partial charge on any atom is 0.331 e. The van der Waals surface area contributed by atoms with Crippen LogP contribution in [0.4, 0.5) is 0 Å². The lowest BCUT2D eigenvalue weighted by Crippen LogP contribution is -2.29. The van der Waals surface area contributed by atoms with Crippen molar-refractivity contribution in [2.45, 2.75) is 6.04 Å². The Morgan fingerprint density at radius 1 is 1.44 bits per heavy atom. The second kappa shape index (κ2) is 5.18. The fourth-order valence-corrected chi connectivity index (χ4v) is 1.60. The van der Waals surface area contributed by atoms with Crippen LogP contribution in [0, 0.1) is 0 Å². The van der Waals surface area contributed by atoms with E-state index in [9.17, 15) is 9.59 Å². The smallest absolute Gasteiger partial charge is 0.331 e. The lowest BCUT2D eigenvalue weighted by molar-refractivity contribution is -0.145. The molecule has 0 radical (unpaired) electrons. The van der Waals surface area contributed by atoms with E-state index in [1.54, 1.807) is 0 Å². The fourth-order valence-electron chi connectivity index (χ4n) is 1.30. The number of rotatable bonds is 4. The summed E-state index contributed by atoms with van der Waals surface area (Å²) in [7, 11) is 1.38. The van der Waals surface area contributed by atoms with Crippen molar-refractivity contribution in [1.29, 1.82) is 0 Å². The minimum atomic E-state index is -1.13. The number of hydrogen-bond donors (Lipinski definition) is 1. The van der Waals surface area contributed by atoms with Crippen molar-refractivity contribution in [2.75, 3.05) is 7.05 Å². The Hall–Kier alpha value is -1.26. The number of benzene rings is 1. The Labute approximate surface area is 102 Å². The molecule has 6 heteroatoms. The summed E-state index contributed by atoms with van der Waals surface area (Å²) in [6, 6.07) is 3.39. The molecule has 1 aromatic rings. The molecule has 0 aliphatic heterocycles. The zero-order valence-corrected chi connectivity index (χ0v) is 9.87. The minimum Gasteiger partial charge on any atom is -0.479 e. The fraction of sp³-hybridized carbons (Fsp3) is 0.200. The molecule has 0 aliphatic carbocycles. The third-order valence-corrected chi connectivity index (χ3v) is 2.81. The Kier molecular flexibility index (Phi) is 4.15. The van der Waals surface area contributed by atoms with Gasteiger partial charge in [-0.2, -0.15) is 0 Å². The number of likely N-dealkylation sites (N-methyl/N-ethyl adjacent to an activating group) is 1. The van der Waals surface area contributed by atoms with Gasteiger partial charge < -0.3 is 10.0 Å². The van der Waals surface area contributed by atoms with E-state index in [1.807, 2.05) is 0 Å². The van der Waals surface area contributed by atoms with E-state index >= 15 is 0 Å². The van der Waals surface area contributed by atoms with Gasteiger partial charge in [0, 0.05) is 7.05 Å². The zero-order valence-electron chi connectivity index (χ0n) is 8.35. The first kappa shape index (κ1) is 12.8. The number of hydrogen-bond acceptors (Lipinski definition) is 2. The molecular weight excluding hydrogens is 253 g/mol. The van der Waals surface area contributed by atoms with E-state index in [0.717, 1.165) is 4.90 Å². The molecule has 0 fully saturated rings. The SMILES string of the molecule is CN(C=O)C(C(=O)O)c1ccc(Cl)c(Cl)c1. The Bertz CT molecular complexity index is 423. The first-order chi connectivity index (χ1) is 7.47. The maximum atomic E-state index is 11.0. The zero-order chi connectivity index (χ0) is 12.3. The summed E-state index contributed by atoms with van der Waals surface area (Å²) in [6.07, 6.45) is 0.446. The van der Waals surface area contributed by atoms with Crippen LogP contribution in [0.15, 0.2) is 18.2 Å². The number of amides is 1. The number of carboxylic acids is 1. The molecule has 4 nitrogen and oxygen atoms in total. The summed E-state index contributed by atoms with van der Waals surface area (Å²) in [5.74, 6) is -1.13. The van der Waals surface area contributed by atoms with Crippen molar-refractivity contribution in [2.24, 2.45) is 0 Å². The normalized spacial score (nSPS) is 11.9. The molecule has 0 saturated carbocycles. The molecule has 1 rings (SSSR count). The third kappa shape index (κ3) is 2.65. The van der Waals surface area contributed by atoms with Gasteiger partial charge in [0.15, 0.2) is 6.04 Å². The number of aliphatic carboxylic acids is 1. The Morgan fingerprint density at radius 2 is 2.06 bits per heavy atom. The van der Waals surface area contributed by atoms with Gasteiger partial charge in [0.2, 0.25) is 6.41 Å². The van der Waals surface area contributed by atoms with Gasteiger partial charge in [-0.3, -0.25) is 4.79 Å². The third-order valence-electron chi connectivity index (χ3n) is 2.07. The van der Waals surface area contributed by atoms with Crippen LogP contribution in [0.5, 0.6) is 0 Å². The van der Waals surface area contributed by atoms with Crippen LogP contribution < -0.4 is 0 Å². The van der Waals surface area contributed by atoms with Crippen molar-refractivity contribution in [3.63, 3.8) is 0 Å². The molecule has 0 bridgehead atoms. The molecule has 0 spiro atoms. The van der Waals surface area contributed by atoms with Gasteiger partial charge in [0.25, 0.3) is 0 Å². The quantitative estimate of drug-likeness (QED) is 0.846. The summed E-state index contributed by atoms with van der Waals surface area (Å²) >= 11 is 11.5. The van der Waals surface area contributed by atoms with Gasteiger partial charge in [-0.15, -0.1) is 0 Å². The average molecular weight is 262 g/mol. The molecule has 0 heterocycles. The number of carbonyl (C=O) groups excluding carboxylic acids is 1. The highest BCUT2D eigenvalue weighted by Crippen LogP contribution is 2.27. The molecular formula is C10H9Cl2NO3. The van der Waals surface area contributed by atoms with Crippen molar-refractivity contribution in [3.8, 4) is 0 Å². The second-order valence-corrected chi connectivity index (χ2v) is 4.00. The number of carboxylic acid groups (broad SMARTS) is 1. The van der Waals surface area contributed by atoms with Crippen molar-refractivity contribution < 1.29 is 14.7 Å². The topological polar surface area (TPSA) is 57.6 Å². The van der Waals surface area contributed by atoms with Gasteiger partial charge in [-0.1, -0.05) is 29.3 Å². The highest BCUT2D eigenvalue weighted by molar-refractivity contribution is 6.42. The van der Waals surface area contributed by atoms with Crippen LogP contribution in [0.2, 0.25) is 10.0 Å². The van der Waals surface area contributed by atoms with Crippen LogP contribution in [-0.4, -0.2) is 29.4 Å². The lowest BCUT2D eigenvalue weighted by Gasteiger charge is -2.20.